The molecular weight excluding hydrogens is 414 g/mol. The van der Waals surface area contributed by atoms with E-state index in [-0.39, 0.29) is 11.4 Å². The predicted octanol–water partition coefficient (Wildman–Crippen LogP) is 2.92. The number of nitrogens with zero attached hydrogens (tertiary/aromatic N) is 4. The maximum Gasteiger partial charge on any atom is 0.274 e. The molecule has 1 aromatic heterocycles. The van der Waals surface area contributed by atoms with Gasteiger partial charge in [-0.05, 0) is 44.9 Å². The van der Waals surface area contributed by atoms with Crippen LogP contribution in [0.5, 0.6) is 0 Å². The number of aryl methyl sites for hydroxylation is 1. The zero-order valence-electron chi connectivity index (χ0n) is 20.6. The summed E-state index contributed by atoms with van der Waals surface area (Å²) in [5.41, 5.74) is 3.48. The summed E-state index contributed by atoms with van der Waals surface area (Å²) in [7, 11) is 2.02. The van der Waals surface area contributed by atoms with E-state index in [2.05, 4.69) is 15.1 Å². The van der Waals surface area contributed by atoms with Crippen molar-refractivity contribution in [2.24, 2.45) is 7.05 Å². The SMILES string of the molecule is Cn1nc(C(=O)N2CCCCCC2)c2c1CCC(NCC1(N3CCOCC3)CCCCC1)C2. The second-order valence-corrected chi connectivity index (χ2v) is 10.8. The Bertz CT molecular complexity index is 802. The Morgan fingerprint density at radius 2 is 1.73 bits per heavy atom. The molecule has 1 amide bonds. The van der Waals surface area contributed by atoms with Crippen molar-refractivity contribution >= 4 is 5.91 Å². The first-order chi connectivity index (χ1) is 16.2. The van der Waals surface area contributed by atoms with Crippen molar-refractivity contribution in [3.05, 3.63) is 17.0 Å². The summed E-state index contributed by atoms with van der Waals surface area (Å²) in [6, 6.07) is 0.428. The molecule has 1 unspecified atom stereocenters. The number of morpholine rings is 1. The summed E-state index contributed by atoms with van der Waals surface area (Å²) in [6.07, 6.45) is 14.4. The number of amides is 1. The van der Waals surface area contributed by atoms with Gasteiger partial charge < -0.3 is 15.0 Å². The van der Waals surface area contributed by atoms with E-state index in [4.69, 9.17) is 9.84 Å². The van der Waals surface area contributed by atoms with Crippen molar-refractivity contribution in [2.45, 2.75) is 88.6 Å². The first-order valence-corrected chi connectivity index (χ1v) is 13.6. The molecule has 1 N–H and O–H groups in total. The van der Waals surface area contributed by atoms with Gasteiger partial charge in [-0.2, -0.15) is 5.10 Å². The van der Waals surface area contributed by atoms with Crippen molar-refractivity contribution in [1.29, 1.82) is 0 Å². The van der Waals surface area contributed by atoms with Gasteiger partial charge in [0.05, 0.1) is 13.2 Å². The fraction of sp³-hybridized carbons (Fsp3) is 0.846. The molecule has 3 heterocycles. The number of hydrogen-bond acceptors (Lipinski definition) is 5. The molecule has 2 saturated heterocycles. The van der Waals surface area contributed by atoms with E-state index >= 15 is 0 Å². The molecule has 184 valence electrons. The van der Waals surface area contributed by atoms with Gasteiger partial charge in [-0.1, -0.05) is 32.1 Å². The molecule has 0 bridgehead atoms. The summed E-state index contributed by atoms with van der Waals surface area (Å²) in [4.78, 5) is 18.2. The van der Waals surface area contributed by atoms with Gasteiger partial charge in [0.1, 0.15) is 0 Å². The molecule has 0 aromatic carbocycles. The van der Waals surface area contributed by atoms with Crippen LogP contribution in [0.2, 0.25) is 0 Å². The number of ether oxygens (including phenoxy) is 1. The van der Waals surface area contributed by atoms with Gasteiger partial charge in [-0.15, -0.1) is 0 Å². The number of rotatable bonds is 5. The smallest absolute Gasteiger partial charge is 0.274 e. The highest BCUT2D eigenvalue weighted by Gasteiger charge is 2.39. The summed E-state index contributed by atoms with van der Waals surface area (Å²) in [5.74, 6) is 0.159. The average Bonchev–Trinajstić information content (AvgIpc) is 3.03. The highest BCUT2D eigenvalue weighted by Crippen LogP contribution is 2.34. The molecule has 1 aromatic rings. The Labute approximate surface area is 199 Å². The molecular formula is C26H43N5O2. The van der Waals surface area contributed by atoms with E-state index in [1.807, 2.05) is 11.7 Å². The van der Waals surface area contributed by atoms with Gasteiger partial charge in [0.25, 0.3) is 5.91 Å². The van der Waals surface area contributed by atoms with Crippen LogP contribution in [0.1, 0.15) is 86.0 Å². The van der Waals surface area contributed by atoms with Crippen LogP contribution >= 0.6 is 0 Å². The second-order valence-electron chi connectivity index (χ2n) is 10.8. The topological polar surface area (TPSA) is 62.6 Å². The number of hydrogen-bond donors (Lipinski definition) is 1. The number of fused-ring (bicyclic) bond motifs is 1. The van der Waals surface area contributed by atoms with Crippen LogP contribution in [0.15, 0.2) is 0 Å². The van der Waals surface area contributed by atoms with Crippen LogP contribution in [0.25, 0.3) is 0 Å². The number of aromatic nitrogens is 2. The normalized spacial score (nSPS) is 26.6. The van der Waals surface area contributed by atoms with E-state index < -0.39 is 0 Å². The standard InChI is InChI=1S/C26H43N5O2/c1-29-23-10-9-21(19-22(23)24(28-29)25(32)30-13-7-2-3-8-14-30)27-20-26(11-5-4-6-12-26)31-15-17-33-18-16-31/h21,27H,2-20H2,1H3. The van der Waals surface area contributed by atoms with E-state index in [0.29, 0.717) is 6.04 Å². The van der Waals surface area contributed by atoms with Gasteiger partial charge in [-0.25, -0.2) is 0 Å². The lowest BCUT2D eigenvalue weighted by molar-refractivity contribution is -0.0378. The molecule has 1 saturated carbocycles. The van der Waals surface area contributed by atoms with E-state index in [1.165, 1.54) is 56.2 Å². The highest BCUT2D eigenvalue weighted by atomic mass is 16.5. The number of carbonyl (C=O) groups is 1. The Morgan fingerprint density at radius 3 is 2.45 bits per heavy atom. The van der Waals surface area contributed by atoms with Gasteiger partial charge in [0, 0.05) is 62.6 Å². The van der Waals surface area contributed by atoms with Crippen LogP contribution in [0.3, 0.4) is 0 Å². The third-order valence-corrected chi connectivity index (χ3v) is 8.74. The fourth-order valence-electron chi connectivity index (χ4n) is 6.75. The van der Waals surface area contributed by atoms with Gasteiger partial charge >= 0.3 is 0 Å². The molecule has 0 spiro atoms. The quantitative estimate of drug-likeness (QED) is 0.737. The van der Waals surface area contributed by atoms with E-state index in [9.17, 15) is 4.79 Å². The Balaban J connectivity index is 1.28. The first-order valence-electron chi connectivity index (χ1n) is 13.6. The van der Waals surface area contributed by atoms with E-state index in [1.54, 1.807) is 0 Å². The summed E-state index contributed by atoms with van der Waals surface area (Å²) in [5, 5.41) is 8.74. The van der Waals surface area contributed by atoms with Crippen molar-refractivity contribution < 1.29 is 9.53 Å². The molecule has 33 heavy (non-hydrogen) atoms. The zero-order chi connectivity index (χ0) is 22.7. The van der Waals surface area contributed by atoms with Crippen LogP contribution in [0.4, 0.5) is 0 Å². The molecule has 7 heteroatoms. The number of likely N-dealkylation sites (tertiary alicyclic amines) is 1. The summed E-state index contributed by atoms with van der Waals surface area (Å²) < 4.78 is 7.64. The molecule has 4 aliphatic rings. The summed E-state index contributed by atoms with van der Waals surface area (Å²) >= 11 is 0. The number of carbonyl (C=O) groups excluding carboxylic acids is 1. The molecule has 7 nitrogen and oxygen atoms in total. The van der Waals surface area contributed by atoms with Crippen LogP contribution in [0, 0.1) is 0 Å². The van der Waals surface area contributed by atoms with Gasteiger partial charge in [0.2, 0.25) is 0 Å². The minimum atomic E-state index is 0.159. The lowest BCUT2D eigenvalue weighted by atomic mass is 9.79. The minimum absolute atomic E-state index is 0.159. The van der Waals surface area contributed by atoms with Crippen LogP contribution in [-0.2, 0) is 24.6 Å². The molecule has 0 radical (unpaired) electrons. The van der Waals surface area contributed by atoms with Crippen LogP contribution < -0.4 is 5.32 Å². The Kier molecular flexibility index (Phi) is 7.38. The molecule has 2 aliphatic carbocycles. The van der Waals surface area contributed by atoms with Crippen molar-refractivity contribution in [2.75, 3.05) is 45.9 Å². The van der Waals surface area contributed by atoms with Crippen molar-refractivity contribution in [3.8, 4) is 0 Å². The maximum atomic E-state index is 13.4. The van der Waals surface area contributed by atoms with Crippen molar-refractivity contribution in [1.82, 2.24) is 24.9 Å². The Hall–Kier alpha value is -1.44. The third kappa shape index (κ3) is 5.01. The number of nitrogens with one attached hydrogen (secondary N) is 1. The van der Waals surface area contributed by atoms with Crippen LogP contribution in [-0.4, -0.2) is 83.0 Å². The molecule has 5 rings (SSSR count). The Morgan fingerprint density at radius 1 is 1.03 bits per heavy atom. The average molecular weight is 458 g/mol. The largest absolute Gasteiger partial charge is 0.379 e. The third-order valence-electron chi connectivity index (χ3n) is 8.74. The zero-order valence-corrected chi connectivity index (χ0v) is 20.6. The van der Waals surface area contributed by atoms with E-state index in [0.717, 1.165) is 83.7 Å². The summed E-state index contributed by atoms with van der Waals surface area (Å²) in [6.45, 7) is 6.68. The predicted molar refractivity (Wildman–Crippen MR) is 130 cm³/mol. The van der Waals surface area contributed by atoms with Gasteiger partial charge in [-0.3, -0.25) is 14.4 Å². The lowest BCUT2D eigenvalue weighted by Crippen LogP contribution is -2.60. The fourth-order valence-corrected chi connectivity index (χ4v) is 6.75. The molecule has 2 aliphatic heterocycles. The molecule has 3 fully saturated rings. The molecule has 1 atom stereocenters. The first kappa shape index (κ1) is 23.3. The second kappa shape index (κ2) is 10.4. The lowest BCUT2D eigenvalue weighted by Gasteiger charge is -2.49. The highest BCUT2D eigenvalue weighted by molar-refractivity contribution is 5.94. The van der Waals surface area contributed by atoms with Crippen molar-refractivity contribution in [3.63, 3.8) is 0 Å². The monoisotopic (exact) mass is 457 g/mol. The van der Waals surface area contributed by atoms with Gasteiger partial charge in [0.15, 0.2) is 5.69 Å². The minimum Gasteiger partial charge on any atom is -0.379 e. The maximum absolute atomic E-state index is 13.4.